The van der Waals surface area contributed by atoms with Crippen molar-refractivity contribution in [3.05, 3.63) is 0 Å². The molecule has 0 atom stereocenters. The van der Waals surface area contributed by atoms with Crippen molar-refractivity contribution in [2.45, 2.75) is 13.3 Å². The average Bonchev–Trinajstić information content (AvgIpc) is 2.25. The molecule has 0 saturated heterocycles. The van der Waals surface area contributed by atoms with E-state index in [-0.39, 0.29) is 0 Å². The normalized spacial score (nSPS) is 11.2. The van der Waals surface area contributed by atoms with Crippen LogP contribution in [0.15, 0.2) is 0 Å². The third-order valence-corrected chi connectivity index (χ3v) is 2.19. The Bertz CT molecular complexity index is 123. The third kappa shape index (κ3) is 11.8. The quantitative estimate of drug-likeness (QED) is 0.514. The van der Waals surface area contributed by atoms with E-state index < -0.39 is 0 Å². The fraction of sp³-hybridized carbons (Fsp3) is 1.00. The second-order valence-corrected chi connectivity index (χ2v) is 3.60. The first-order valence-corrected chi connectivity index (χ1v) is 5.77. The Morgan fingerprint density at radius 1 is 1.13 bits per heavy atom. The number of hydrogen-bond donors (Lipinski definition) is 1. The highest BCUT2D eigenvalue weighted by atomic mass is 16.5. The first-order chi connectivity index (χ1) is 7.31. The second kappa shape index (κ2) is 11.9. The molecule has 0 aliphatic heterocycles. The molecule has 0 amide bonds. The molecule has 0 aromatic carbocycles. The van der Waals surface area contributed by atoms with Gasteiger partial charge in [-0.15, -0.1) is 0 Å². The van der Waals surface area contributed by atoms with Gasteiger partial charge in [0.15, 0.2) is 0 Å². The van der Waals surface area contributed by atoms with Gasteiger partial charge in [0.1, 0.15) is 0 Å². The zero-order chi connectivity index (χ0) is 11.4. The number of nitrogens with one attached hydrogen (secondary N) is 1. The van der Waals surface area contributed by atoms with Crippen LogP contribution in [0.5, 0.6) is 0 Å². The van der Waals surface area contributed by atoms with Crippen molar-refractivity contribution in [1.29, 1.82) is 0 Å². The van der Waals surface area contributed by atoms with Crippen LogP contribution in [0.25, 0.3) is 0 Å². The maximum absolute atomic E-state index is 5.25. The summed E-state index contributed by atoms with van der Waals surface area (Å²) in [6.45, 7) is 8.65. The van der Waals surface area contributed by atoms with Gasteiger partial charge in [-0.2, -0.15) is 0 Å². The van der Waals surface area contributed by atoms with Crippen LogP contribution in [0.4, 0.5) is 0 Å². The summed E-state index contributed by atoms with van der Waals surface area (Å²) in [5.41, 5.74) is 0. The minimum absolute atomic E-state index is 0.806. The lowest BCUT2D eigenvalue weighted by Crippen LogP contribution is -2.32. The van der Waals surface area contributed by atoms with E-state index in [2.05, 4.69) is 17.3 Å². The summed E-state index contributed by atoms with van der Waals surface area (Å²) < 4.78 is 10.3. The summed E-state index contributed by atoms with van der Waals surface area (Å²) in [5.74, 6) is 0. The Morgan fingerprint density at radius 3 is 2.60 bits per heavy atom. The van der Waals surface area contributed by atoms with Crippen LogP contribution < -0.4 is 5.32 Å². The smallest absolute Gasteiger partial charge is 0.0589 e. The molecular formula is C11H26N2O2. The molecule has 0 aromatic rings. The highest BCUT2D eigenvalue weighted by molar-refractivity contribution is 4.54. The number of ether oxygens (including phenoxy) is 2. The van der Waals surface area contributed by atoms with Gasteiger partial charge in [-0.1, -0.05) is 0 Å². The lowest BCUT2D eigenvalue weighted by atomic mass is 10.4. The molecule has 4 heteroatoms. The molecule has 92 valence electrons. The van der Waals surface area contributed by atoms with E-state index in [4.69, 9.17) is 9.47 Å². The molecule has 15 heavy (non-hydrogen) atoms. The van der Waals surface area contributed by atoms with Crippen molar-refractivity contribution in [1.82, 2.24) is 10.2 Å². The van der Waals surface area contributed by atoms with Crippen LogP contribution in [0.2, 0.25) is 0 Å². The van der Waals surface area contributed by atoms with Crippen LogP contribution in [0.1, 0.15) is 13.3 Å². The third-order valence-electron chi connectivity index (χ3n) is 2.19. The molecule has 0 unspecified atom stereocenters. The van der Waals surface area contributed by atoms with E-state index >= 15 is 0 Å². The Hall–Kier alpha value is -0.160. The Balaban J connectivity index is 3.02. The molecule has 0 rings (SSSR count). The standard InChI is InChI=1S/C11H26N2O2/c1-4-15-10-5-6-12-7-8-13(2)9-11-14-3/h12H,4-11H2,1-3H3. The average molecular weight is 218 g/mol. The Kier molecular flexibility index (Phi) is 11.8. The molecule has 0 saturated carbocycles. The molecule has 0 aliphatic rings. The molecule has 4 nitrogen and oxygen atoms in total. The van der Waals surface area contributed by atoms with E-state index in [0.717, 1.165) is 52.4 Å². The molecule has 1 N–H and O–H groups in total. The molecule has 0 spiro atoms. The van der Waals surface area contributed by atoms with Gasteiger partial charge >= 0.3 is 0 Å². The first kappa shape index (κ1) is 14.8. The lowest BCUT2D eigenvalue weighted by Gasteiger charge is -2.16. The topological polar surface area (TPSA) is 33.7 Å². The molecule has 0 aromatic heterocycles. The second-order valence-electron chi connectivity index (χ2n) is 3.60. The molecule has 0 bridgehead atoms. The van der Waals surface area contributed by atoms with Crippen LogP contribution in [0.3, 0.4) is 0 Å². The number of likely N-dealkylation sites (N-methyl/N-ethyl adjacent to an activating group) is 1. The van der Waals surface area contributed by atoms with Crippen molar-refractivity contribution in [2.24, 2.45) is 0 Å². The summed E-state index contributed by atoms with van der Waals surface area (Å²) in [4.78, 5) is 2.26. The van der Waals surface area contributed by atoms with E-state index in [9.17, 15) is 0 Å². The summed E-state index contributed by atoms with van der Waals surface area (Å²) >= 11 is 0. The monoisotopic (exact) mass is 218 g/mol. The zero-order valence-corrected chi connectivity index (χ0v) is 10.4. The summed E-state index contributed by atoms with van der Waals surface area (Å²) in [6.07, 6.45) is 1.09. The number of hydrogen-bond acceptors (Lipinski definition) is 4. The van der Waals surface area contributed by atoms with Gasteiger partial charge in [0.05, 0.1) is 6.61 Å². The number of methoxy groups -OCH3 is 1. The van der Waals surface area contributed by atoms with Gasteiger partial charge in [0.25, 0.3) is 0 Å². The molecule has 0 aliphatic carbocycles. The minimum atomic E-state index is 0.806. The largest absolute Gasteiger partial charge is 0.383 e. The summed E-state index contributed by atoms with van der Waals surface area (Å²) in [5, 5.41) is 3.39. The van der Waals surface area contributed by atoms with Crippen LogP contribution in [-0.2, 0) is 9.47 Å². The highest BCUT2D eigenvalue weighted by Crippen LogP contribution is 1.82. The highest BCUT2D eigenvalue weighted by Gasteiger charge is 1.96. The van der Waals surface area contributed by atoms with Gasteiger partial charge in [-0.25, -0.2) is 0 Å². The van der Waals surface area contributed by atoms with E-state index in [0.29, 0.717) is 0 Å². The van der Waals surface area contributed by atoms with Crippen molar-refractivity contribution in [3.63, 3.8) is 0 Å². The van der Waals surface area contributed by atoms with Gasteiger partial charge in [-0.05, 0) is 26.9 Å². The van der Waals surface area contributed by atoms with E-state index in [1.165, 1.54) is 0 Å². The summed E-state index contributed by atoms with van der Waals surface area (Å²) in [6, 6.07) is 0. The lowest BCUT2D eigenvalue weighted by molar-refractivity contribution is 0.144. The van der Waals surface area contributed by atoms with Crippen LogP contribution in [0, 0.1) is 0 Å². The SMILES string of the molecule is CCOCCCNCCN(C)CCOC. The van der Waals surface area contributed by atoms with Crippen LogP contribution in [-0.4, -0.2) is 65.1 Å². The summed E-state index contributed by atoms with van der Waals surface area (Å²) in [7, 11) is 3.85. The molecular weight excluding hydrogens is 192 g/mol. The Labute approximate surface area is 93.9 Å². The minimum Gasteiger partial charge on any atom is -0.383 e. The molecule has 0 radical (unpaired) electrons. The van der Waals surface area contributed by atoms with Gasteiger partial charge in [-0.3, -0.25) is 0 Å². The zero-order valence-electron chi connectivity index (χ0n) is 10.4. The van der Waals surface area contributed by atoms with Crippen LogP contribution >= 0.6 is 0 Å². The molecule has 0 fully saturated rings. The number of nitrogens with zero attached hydrogens (tertiary/aromatic N) is 1. The van der Waals surface area contributed by atoms with E-state index in [1.807, 2.05) is 6.92 Å². The van der Waals surface area contributed by atoms with Crippen molar-refractivity contribution in [3.8, 4) is 0 Å². The van der Waals surface area contributed by atoms with E-state index in [1.54, 1.807) is 7.11 Å². The van der Waals surface area contributed by atoms with Gasteiger partial charge in [0, 0.05) is 40.0 Å². The maximum Gasteiger partial charge on any atom is 0.0589 e. The fourth-order valence-electron chi connectivity index (χ4n) is 1.20. The maximum atomic E-state index is 5.25. The number of rotatable bonds is 11. The predicted octanol–water partition coefficient (Wildman–Crippen LogP) is 0.581. The van der Waals surface area contributed by atoms with Crippen molar-refractivity contribution < 1.29 is 9.47 Å². The Morgan fingerprint density at radius 2 is 1.93 bits per heavy atom. The molecule has 0 heterocycles. The predicted molar refractivity (Wildman–Crippen MR) is 63.4 cm³/mol. The van der Waals surface area contributed by atoms with Crippen molar-refractivity contribution >= 4 is 0 Å². The first-order valence-electron chi connectivity index (χ1n) is 5.77. The van der Waals surface area contributed by atoms with Gasteiger partial charge < -0.3 is 19.7 Å². The van der Waals surface area contributed by atoms with Gasteiger partial charge in [0.2, 0.25) is 0 Å². The fourth-order valence-corrected chi connectivity index (χ4v) is 1.20. The van der Waals surface area contributed by atoms with Crippen molar-refractivity contribution in [2.75, 3.05) is 60.2 Å².